The fraction of sp³-hybridized carbons (Fsp3) is 0.375. The molecule has 0 radical (unpaired) electrons. The van der Waals surface area contributed by atoms with Gasteiger partial charge in [0.05, 0.1) is 7.11 Å². The van der Waals surface area contributed by atoms with E-state index in [4.69, 9.17) is 4.74 Å². The maximum Gasteiger partial charge on any atom is 0.144 e. The normalized spacial score (nSPS) is 20.1. The minimum Gasteiger partial charge on any atom is -0.494 e. The Morgan fingerprint density at radius 1 is 1.53 bits per heavy atom. The molecule has 0 amide bonds. The minimum atomic E-state index is -0.211. The Hall–Kier alpha value is -1.90. The number of carbonyl (C=O) groups excluding carboxylic acids is 1. The molecule has 100 valence electrons. The second-order valence-corrected chi connectivity index (χ2v) is 4.97. The highest BCUT2D eigenvalue weighted by molar-refractivity contribution is 5.88. The first-order valence-corrected chi connectivity index (χ1v) is 6.46. The monoisotopic (exact) mass is 257 g/mol. The zero-order chi connectivity index (χ0) is 13.9. The largest absolute Gasteiger partial charge is 0.494 e. The van der Waals surface area contributed by atoms with Crippen LogP contribution in [0.3, 0.4) is 0 Å². The molecule has 2 rings (SSSR count). The molecule has 0 bridgehead atoms. The Labute approximate surface area is 114 Å². The van der Waals surface area contributed by atoms with Crippen LogP contribution in [0.4, 0.5) is 5.69 Å². The summed E-state index contributed by atoms with van der Waals surface area (Å²) in [6.07, 6.45) is 5.93. The average molecular weight is 257 g/mol. The molecule has 0 aromatic heterocycles. The molecule has 0 spiro atoms. The summed E-state index contributed by atoms with van der Waals surface area (Å²) in [6, 6.07) is 5.94. The number of benzene rings is 1. The molecule has 3 heteroatoms. The summed E-state index contributed by atoms with van der Waals surface area (Å²) in [4.78, 5) is 15.8. The van der Waals surface area contributed by atoms with Crippen LogP contribution in [0.5, 0.6) is 5.75 Å². The molecule has 0 fully saturated rings. The number of Topliss-reactive ketones (excluding diaryl/α,β-unsaturated/α-hetero) is 1. The van der Waals surface area contributed by atoms with Gasteiger partial charge in [0, 0.05) is 18.1 Å². The number of ketones is 1. The van der Waals surface area contributed by atoms with Gasteiger partial charge in [-0.1, -0.05) is 18.2 Å². The third kappa shape index (κ3) is 2.46. The van der Waals surface area contributed by atoms with Gasteiger partial charge < -0.3 is 9.53 Å². The number of aliphatic imine (C=N–C) groups is 1. The first kappa shape index (κ1) is 13.5. The number of para-hydroxylation sites is 1. The molecule has 1 aromatic carbocycles. The third-order valence-electron chi connectivity index (χ3n) is 3.63. The predicted molar refractivity (Wildman–Crippen MR) is 77.6 cm³/mol. The second kappa shape index (κ2) is 5.39. The summed E-state index contributed by atoms with van der Waals surface area (Å²) in [5.41, 5.74) is 1.81. The molecule has 1 aliphatic heterocycles. The molecule has 3 nitrogen and oxygen atoms in total. The summed E-state index contributed by atoms with van der Waals surface area (Å²) in [5, 5.41) is 0. The first-order chi connectivity index (χ1) is 9.13. The van der Waals surface area contributed by atoms with E-state index in [0.717, 1.165) is 29.8 Å². The van der Waals surface area contributed by atoms with Gasteiger partial charge in [-0.2, -0.15) is 0 Å². The van der Waals surface area contributed by atoms with Crippen molar-refractivity contribution in [1.82, 2.24) is 0 Å². The maximum absolute atomic E-state index is 11.3. The van der Waals surface area contributed by atoms with Gasteiger partial charge in [0.1, 0.15) is 17.2 Å². The first-order valence-electron chi connectivity index (χ1n) is 6.46. The van der Waals surface area contributed by atoms with Crippen molar-refractivity contribution in [2.24, 2.45) is 4.99 Å². The van der Waals surface area contributed by atoms with E-state index in [2.05, 4.69) is 17.6 Å². The lowest BCUT2D eigenvalue weighted by Crippen LogP contribution is -2.25. The van der Waals surface area contributed by atoms with Crippen molar-refractivity contribution >= 4 is 17.7 Å². The van der Waals surface area contributed by atoms with E-state index in [1.807, 2.05) is 24.4 Å². The average Bonchev–Trinajstić information content (AvgIpc) is 2.77. The van der Waals surface area contributed by atoms with E-state index < -0.39 is 0 Å². The number of carbonyl (C=O) groups is 1. The second-order valence-electron chi connectivity index (χ2n) is 4.97. The van der Waals surface area contributed by atoms with Crippen molar-refractivity contribution < 1.29 is 9.53 Å². The number of allylic oxidation sites excluding steroid dienone is 1. The lowest BCUT2D eigenvalue weighted by Gasteiger charge is -2.26. The van der Waals surface area contributed by atoms with E-state index >= 15 is 0 Å². The standard InChI is InChI=1S/C16H19NO2/c1-4-9-16(10-8-12(2)18)11-17-15-13(16)6-5-7-14(15)19-3/h4-7,11H,1,8-10H2,2-3H3/t16-/m0/s1. The van der Waals surface area contributed by atoms with Gasteiger partial charge in [0.2, 0.25) is 0 Å². The quantitative estimate of drug-likeness (QED) is 0.730. The van der Waals surface area contributed by atoms with E-state index in [-0.39, 0.29) is 11.2 Å². The van der Waals surface area contributed by atoms with Crippen LogP contribution in [-0.4, -0.2) is 19.1 Å². The molecule has 1 aliphatic rings. The van der Waals surface area contributed by atoms with Gasteiger partial charge in [-0.3, -0.25) is 4.99 Å². The van der Waals surface area contributed by atoms with Gasteiger partial charge in [-0.15, -0.1) is 6.58 Å². The van der Waals surface area contributed by atoms with Crippen molar-refractivity contribution in [3.63, 3.8) is 0 Å². The fourth-order valence-corrected chi connectivity index (χ4v) is 2.60. The van der Waals surface area contributed by atoms with Crippen LogP contribution in [0, 0.1) is 0 Å². The minimum absolute atomic E-state index is 0.202. The van der Waals surface area contributed by atoms with Crippen molar-refractivity contribution in [2.45, 2.75) is 31.6 Å². The molecule has 1 heterocycles. The SMILES string of the molecule is C=CC[C@]1(CCC(C)=O)C=Nc2c(OC)cccc21. The number of fused-ring (bicyclic) bond motifs is 1. The Balaban J connectivity index is 2.42. The lowest BCUT2D eigenvalue weighted by molar-refractivity contribution is -0.117. The van der Waals surface area contributed by atoms with Gasteiger partial charge >= 0.3 is 0 Å². The molecule has 0 aliphatic carbocycles. The van der Waals surface area contributed by atoms with E-state index in [1.165, 1.54) is 0 Å². The molecule has 1 atom stereocenters. The third-order valence-corrected chi connectivity index (χ3v) is 3.63. The molecule has 19 heavy (non-hydrogen) atoms. The summed E-state index contributed by atoms with van der Waals surface area (Å²) >= 11 is 0. The number of hydrogen-bond donors (Lipinski definition) is 0. The number of ether oxygens (including phenoxy) is 1. The molecule has 0 saturated heterocycles. The molecular weight excluding hydrogens is 238 g/mol. The van der Waals surface area contributed by atoms with Crippen molar-refractivity contribution in [3.8, 4) is 5.75 Å². The summed E-state index contributed by atoms with van der Waals surface area (Å²) in [7, 11) is 1.65. The summed E-state index contributed by atoms with van der Waals surface area (Å²) in [6.45, 7) is 5.46. The molecule has 0 saturated carbocycles. The Morgan fingerprint density at radius 3 is 2.95 bits per heavy atom. The fourth-order valence-electron chi connectivity index (χ4n) is 2.60. The highest BCUT2D eigenvalue weighted by Crippen LogP contribution is 2.46. The van der Waals surface area contributed by atoms with Gasteiger partial charge in [-0.25, -0.2) is 0 Å². The Bertz CT molecular complexity index is 534. The Morgan fingerprint density at radius 2 is 2.32 bits per heavy atom. The highest BCUT2D eigenvalue weighted by Gasteiger charge is 2.36. The van der Waals surface area contributed by atoms with Gasteiger partial charge in [0.25, 0.3) is 0 Å². The lowest BCUT2D eigenvalue weighted by atomic mass is 9.75. The van der Waals surface area contributed by atoms with Crippen LogP contribution >= 0.6 is 0 Å². The van der Waals surface area contributed by atoms with Crippen LogP contribution < -0.4 is 4.74 Å². The molecule has 0 N–H and O–H groups in total. The predicted octanol–water partition coefficient (Wildman–Crippen LogP) is 3.59. The maximum atomic E-state index is 11.3. The van der Waals surface area contributed by atoms with E-state index in [1.54, 1.807) is 14.0 Å². The number of nitrogens with zero attached hydrogens (tertiary/aromatic N) is 1. The summed E-state index contributed by atoms with van der Waals surface area (Å²) in [5.74, 6) is 0.982. The molecule has 0 unspecified atom stereocenters. The Kier molecular flexibility index (Phi) is 3.84. The zero-order valence-electron chi connectivity index (χ0n) is 11.5. The van der Waals surface area contributed by atoms with Crippen molar-refractivity contribution in [3.05, 3.63) is 36.4 Å². The number of methoxy groups -OCH3 is 1. The van der Waals surface area contributed by atoms with Crippen molar-refractivity contribution in [1.29, 1.82) is 0 Å². The highest BCUT2D eigenvalue weighted by atomic mass is 16.5. The molecule has 1 aromatic rings. The van der Waals surface area contributed by atoms with Crippen LogP contribution in [0.2, 0.25) is 0 Å². The number of rotatable bonds is 6. The van der Waals surface area contributed by atoms with Gasteiger partial charge in [-0.05, 0) is 31.4 Å². The summed E-state index contributed by atoms with van der Waals surface area (Å²) < 4.78 is 5.35. The van der Waals surface area contributed by atoms with Crippen LogP contribution in [0.15, 0.2) is 35.8 Å². The molecular formula is C16H19NO2. The van der Waals surface area contributed by atoms with Crippen LogP contribution in [0.25, 0.3) is 0 Å². The smallest absolute Gasteiger partial charge is 0.144 e. The number of hydrogen-bond acceptors (Lipinski definition) is 3. The van der Waals surface area contributed by atoms with Crippen LogP contribution in [-0.2, 0) is 10.2 Å². The topological polar surface area (TPSA) is 38.7 Å². The van der Waals surface area contributed by atoms with Crippen molar-refractivity contribution in [2.75, 3.05) is 7.11 Å². The zero-order valence-corrected chi connectivity index (χ0v) is 11.5. The van der Waals surface area contributed by atoms with E-state index in [0.29, 0.717) is 6.42 Å². The van der Waals surface area contributed by atoms with E-state index in [9.17, 15) is 4.79 Å². The van der Waals surface area contributed by atoms with Gasteiger partial charge in [0.15, 0.2) is 0 Å². The van der Waals surface area contributed by atoms with Crippen LogP contribution in [0.1, 0.15) is 31.7 Å².